The van der Waals surface area contributed by atoms with Crippen molar-refractivity contribution in [2.24, 2.45) is 5.92 Å². The average molecular weight is 284 g/mol. The van der Waals surface area contributed by atoms with Gasteiger partial charge < -0.3 is 10.1 Å². The Hall–Kier alpha value is -0.730. The summed E-state index contributed by atoms with van der Waals surface area (Å²) in [5.41, 5.74) is 0. The maximum Gasteiger partial charge on any atom is 0.121 e. The third-order valence-corrected chi connectivity index (χ3v) is 3.73. The number of likely N-dealkylation sites (N-methyl/N-ethyl adjacent to an activating group) is 1. The fourth-order valence-electron chi connectivity index (χ4n) is 2.43. The van der Waals surface area contributed by atoms with Crippen molar-refractivity contribution < 1.29 is 4.74 Å². The molecular weight excluding hydrogens is 258 g/mol. The van der Waals surface area contributed by atoms with Crippen LogP contribution in [-0.2, 0) is 0 Å². The first-order chi connectivity index (χ1) is 9.06. The molecule has 108 valence electrons. The molecule has 0 saturated carbocycles. The van der Waals surface area contributed by atoms with Crippen LogP contribution in [0.15, 0.2) is 24.3 Å². The molecule has 0 bridgehead atoms. The van der Waals surface area contributed by atoms with Crippen LogP contribution in [0, 0.1) is 5.92 Å². The molecule has 0 aliphatic carbocycles. The summed E-state index contributed by atoms with van der Waals surface area (Å²) in [5, 5.41) is 4.08. The van der Waals surface area contributed by atoms with Crippen LogP contribution in [0.4, 0.5) is 0 Å². The zero-order valence-electron chi connectivity index (χ0n) is 12.4. The van der Waals surface area contributed by atoms with Gasteiger partial charge in [-0.3, -0.25) is 0 Å². The van der Waals surface area contributed by atoms with Crippen LogP contribution in [-0.4, -0.2) is 19.2 Å². The first-order valence-corrected chi connectivity index (χ1v) is 7.54. The Balaban J connectivity index is 2.56. The molecule has 0 aliphatic heterocycles. The highest BCUT2D eigenvalue weighted by molar-refractivity contribution is 6.30. The van der Waals surface area contributed by atoms with Gasteiger partial charge in [0.15, 0.2) is 0 Å². The largest absolute Gasteiger partial charge is 0.489 e. The van der Waals surface area contributed by atoms with Gasteiger partial charge in [0.05, 0.1) is 0 Å². The highest BCUT2D eigenvalue weighted by Gasteiger charge is 2.19. The Morgan fingerprint density at radius 2 is 2.05 bits per heavy atom. The summed E-state index contributed by atoms with van der Waals surface area (Å²) in [6, 6.07) is 7.95. The van der Waals surface area contributed by atoms with Crippen molar-refractivity contribution in [1.29, 1.82) is 0 Å². The second-order valence-electron chi connectivity index (χ2n) is 5.31. The first kappa shape index (κ1) is 16.3. The van der Waals surface area contributed by atoms with Crippen molar-refractivity contribution in [3.05, 3.63) is 29.3 Å². The highest BCUT2D eigenvalue weighted by Crippen LogP contribution is 2.21. The zero-order valence-corrected chi connectivity index (χ0v) is 13.2. The number of hydrogen-bond acceptors (Lipinski definition) is 2. The van der Waals surface area contributed by atoms with Gasteiger partial charge in [-0.05, 0) is 44.5 Å². The standard InChI is InChI=1S/C16H26ClNO/c1-5-7-12(2)10-16(18-4)13(3)19-15-9-6-8-14(17)11-15/h6,8-9,11-13,16,18H,5,7,10H2,1-4H3. The van der Waals surface area contributed by atoms with Crippen molar-refractivity contribution in [3.8, 4) is 5.75 Å². The van der Waals surface area contributed by atoms with E-state index < -0.39 is 0 Å². The van der Waals surface area contributed by atoms with Crippen LogP contribution in [0.25, 0.3) is 0 Å². The number of ether oxygens (including phenoxy) is 1. The minimum Gasteiger partial charge on any atom is -0.489 e. The molecule has 0 heterocycles. The Labute approximate surface area is 122 Å². The predicted octanol–water partition coefficient (Wildman–Crippen LogP) is 4.52. The minimum atomic E-state index is 0.128. The lowest BCUT2D eigenvalue weighted by molar-refractivity contribution is 0.158. The van der Waals surface area contributed by atoms with Gasteiger partial charge in [0.1, 0.15) is 11.9 Å². The number of benzene rings is 1. The Morgan fingerprint density at radius 3 is 2.63 bits per heavy atom. The molecule has 2 nitrogen and oxygen atoms in total. The van der Waals surface area contributed by atoms with E-state index in [0.29, 0.717) is 17.0 Å². The Morgan fingerprint density at radius 1 is 1.32 bits per heavy atom. The maximum atomic E-state index is 5.98. The monoisotopic (exact) mass is 283 g/mol. The third kappa shape index (κ3) is 5.84. The van der Waals surface area contributed by atoms with Crippen LogP contribution in [0.2, 0.25) is 5.02 Å². The van der Waals surface area contributed by atoms with Crippen LogP contribution in [0.5, 0.6) is 5.75 Å². The Kier molecular flexibility index (Phi) is 7.25. The predicted molar refractivity (Wildman–Crippen MR) is 83.1 cm³/mol. The molecule has 1 aromatic carbocycles. The van der Waals surface area contributed by atoms with Gasteiger partial charge in [0.25, 0.3) is 0 Å². The van der Waals surface area contributed by atoms with Crippen LogP contribution >= 0.6 is 11.6 Å². The molecule has 1 aromatic rings. The topological polar surface area (TPSA) is 21.3 Å². The molecule has 3 unspecified atom stereocenters. The van der Waals surface area contributed by atoms with E-state index in [2.05, 4.69) is 26.1 Å². The molecule has 0 aromatic heterocycles. The van der Waals surface area contributed by atoms with E-state index in [1.807, 2.05) is 31.3 Å². The van der Waals surface area contributed by atoms with E-state index in [9.17, 15) is 0 Å². The van der Waals surface area contributed by atoms with Gasteiger partial charge in [0.2, 0.25) is 0 Å². The number of rotatable bonds is 8. The molecule has 0 fully saturated rings. The van der Waals surface area contributed by atoms with E-state index in [-0.39, 0.29) is 6.10 Å². The molecule has 1 rings (SSSR count). The number of hydrogen-bond donors (Lipinski definition) is 1. The van der Waals surface area contributed by atoms with E-state index in [0.717, 1.165) is 12.2 Å². The van der Waals surface area contributed by atoms with Crippen LogP contribution in [0.3, 0.4) is 0 Å². The summed E-state index contributed by atoms with van der Waals surface area (Å²) in [5.74, 6) is 1.55. The van der Waals surface area contributed by atoms with Crippen molar-refractivity contribution in [1.82, 2.24) is 5.32 Å². The SMILES string of the molecule is CCCC(C)CC(NC)C(C)Oc1cccc(Cl)c1. The number of halogens is 1. The molecule has 3 heteroatoms. The van der Waals surface area contributed by atoms with Gasteiger partial charge in [-0.15, -0.1) is 0 Å². The van der Waals surface area contributed by atoms with E-state index in [1.165, 1.54) is 12.8 Å². The van der Waals surface area contributed by atoms with E-state index in [4.69, 9.17) is 16.3 Å². The quantitative estimate of drug-likeness (QED) is 0.757. The normalized spacial score (nSPS) is 15.8. The van der Waals surface area contributed by atoms with Gasteiger partial charge in [-0.25, -0.2) is 0 Å². The second kappa shape index (κ2) is 8.44. The molecular formula is C16H26ClNO. The highest BCUT2D eigenvalue weighted by atomic mass is 35.5. The molecule has 19 heavy (non-hydrogen) atoms. The summed E-state index contributed by atoms with van der Waals surface area (Å²) in [4.78, 5) is 0. The molecule has 3 atom stereocenters. The summed E-state index contributed by atoms with van der Waals surface area (Å²) in [6.45, 7) is 6.65. The van der Waals surface area contributed by atoms with Crippen molar-refractivity contribution in [3.63, 3.8) is 0 Å². The lowest BCUT2D eigenvalue weighted by Gasteiger charge is -2.27. The van der Waals surface area contributed by atoms with E-state index >= 15 is 0 Å². The van der Waals surface area contributed by atoms with Gasteiger partial charge in [0, 0.05) is 11.1 Å². The van der Waals surface area contributed by atoms with Gasteiger partial charge in [-0.2, -0.15) is 0 Å². The van der Waals surface area contributed by atoms with Gasteiger partial charge in [-0.1, -0.05) is 44.4 Å². The fraction of sp³-hybridized carbons (Fsp3) is 0.625. The summed E-state index contributed by atoms with van der Waals surface area (Å²) in [7, 11) is 2.00. The molecule has 0 spiro atoms. The Bertz CT molecular complexity index is 370. The summed E-state index contributed by atoms with van der Waals surface area (Å²) in [6.07, 6.45) is 3.76. The first-order valence-electron chi connectivity index (χ1n) is 7.16. The number of nitrogens with one attached hydrogen (secondary N) is 1. The fourth-order valence-corrected chi connectivity index (χ4v) is 2.61. The average Bonchev–Trinajstić information content (AvgIpc) is 2.36. The van der Waals surface area contributed by atoms with Crippen molar-refractivity contribution in [2.75, 3.05) is 7.05 Å². The van der Waals surface area contributed by atoms with Crippen molar-refractivity contribution >= 4 is 11.6 Å². The second-order valence-corrected chi connectivity index (χ2v) is 5.74. The molecule has 0 amide bonds. The lowest BCUT2D eigenvalue weighted by atomic mass is 9.95. The summed E-state index contributed by atoms with van der Waals surface area (Å²) >= 11 is 5.97. The lowest BCUT2D eigenvalue weighted by Crippen LogP contribution is -2.40. The van der Waals surface area contributed by atoms with Crippen LogP contribution < -0.4 is 10.1 Å². The van der Waals surface area contributed by atoms with E-state index in [1.54, 1.807) is 0 Å². The maximum absolute atomic E-state index is 5.98. The minimum absolute atomic E-state index is 0.128. The molecule has 0 radical (unpaired) electrons. The van der Waals surface area contributed by atoms with Gasteiger partial charge >= 0.3 is 0 Å². The molecule has 0 saturated heterocycles. The molecule has 1 N–H and O–H groups in total. The zero-order chi connectivity index (χ0) is 14.3. The third-order valence-electron chi connectivity index (χ3n) is 3.49. The van der Waals surface area contributed by atoms with Crippen LogP contribution in [0.1, 0.15) is 40.0 Å². The van der Waals surface area contributed by atoms with Crippen molar-refractivity contribution in [2.45, 2.75) is 52.2 Å². The smallest absolute Gasteiger partial charge is 0.121 e. The summed E-state index contributed by atoms with van der Waals surface area (Å²) < 4.78 is 5.98. The molecule has 0 aliphatic rings.